The number of anilines is 1. The van der Waals surface area contributed by atoms with Crippen LogP contribution in [0.4, 0.5) is 5.69 Å². The fourth-order valence-corrected chi connectivity index (χ4v) is 5.10. The second-order valence-corrected chi connectivity index (χ2v) is 9.14. The minimum Gasteiger partial charge on any atom is -0.380 e. The van der Waals surface area contributed by atoms with Crippen LogP contribution in [0, 0.1) is 0 Å². The van der Waals surface area contributed by atoms with Crippen LogP contribution < -0.4 is 5.32 Å². The van der Waals surface area contributed by atoms with E-state index in [1.54, 1.807) is 23.9 Å². The fourth-order valence-electron chi connectivity index (χ4n) is 3.45. The lowest BCUT2D eigenvalue weighted by molar-refractivity contribution is 0.468. The lowest BCUT2D eigenvalue weighted by Gasteiger charge is -2.20. The molecule has 28 heavy (non-hydrogen) atoms. The van der Waals surface area contributed by atoms with Gasteiger partial charge in [-0.1, -0.05) is 23.7 Å². The Morgan fingerprint density at radius 1 is 1.14 bits per heavy atom. The monoisotopic (exact) mass is 417 g/mol. The van der Waals surface area contributed by atoms with Crippen molar-refractivity contribution in [2.45, 2.75) is 17.0 Å². The first kappa shape index (κ1) is 18.9. The number of rotatable bonds is 5. The number of nitrogens with one attached hydrogen (secondary N) is 1. The number of imidazole rings is 1. The van der Waals surface area contributed by atoms with E-state index in [4.69, 9.17) is 11.6 Å². The van der Waals surface area contributed by atoms with Gasteiger partial charge in [0.25, 0.3) is 10.0 Å². The number of sulfonamides is 1. The highest BCUT2D eigenvalue weighted by Crippen LogP contribution is 2.32. The third-order valence-electron chi connectivity index (χ3n) is 4.82. The molecular weight excluding hydrogens is 398 g/mol. The maximum Gasteiger partial charge on any atom is 0.262 e. The summed E-state index contributed by atoms with van der Waals surface area (Å²) in [5, 5.41) is 4.11. The highest BCUT2D eigenvalue weighted by molar-refractivity contribution is 7.89. The van der Waals surface area contributed by atoms with Crippen molar-refractivity contribution in [3.8, 4) is 0 Å². The van der Waals surface area contributed by atoms with Crippen LogP contribution in [0.2, 0.25) is 5.02 Å². The van der Waals surface area contributed by atoms with Crippen molar-refractivity contribution in [3.63, 3.8) is 0 Å². The minimum atomic E-state index is -3.68. The van der Waals surface area contributed by atoms with E-state index in [-0.39, 0.29) is 17.0 Å². The first-order valence-electron chi connectivity index (χ1n) is 8.84. The van der Waals surface area contributed by atoms with Gasteiger partial charge in [0.15, 0.2) is 5.03 Å². The Balaban J connectivity index is 1.65. The van der Waals surface area contributed by atoms with Gasteiger partial charge >= 0.3 is 0 Å². The van der Waals surface area contributed by atoms with Crippen molar-refractivity contribution in [2.24, 2.45) is 7.05 Å². The van der Waals surface area contributed by atoms with Gasteiger partial charge in [-0.15, -0.1) is 0 Å². The van der Waals surface area contributed by atoms with Crippen molar-refractivity contribution >= 4 is 27.3 Å². The summed E-state index contributed by atoms with van der Waals surface area (Å²) in [5.41, 5.74) is 1.69. The molecule has 0 spiro atoms. The minimum absolute atomic E-state index is 0.0539. The van der Waals surface area contributed by atoms with E-state index in [1.165, 1.54) is 16.8 Å². The van der Waals surface area contributed by atoms with Crippen molar-refractivity contribution in [1.29, 1.82) is 0 Å². The van der Waals surface area contributed by atoms with E-state index in [0.29, 0.717) is 18.1 Å². The molecular formula is C19H20ClN5O2S. The molecule has 0 amide bonds. The maximum absolute atomic E-state index is 13.1. The number of halogens is 1. The Bertz CT molecular complexity index is 1070. The average molecular weight is 418 g/mol. The Morgan fingerprint density at radius 3 is 2.68 bits per heavy atom. The Morgan fingerprint density at radius 2 is 2.00 bits per heavy atom. The average Bonchev–Trinajstić information content (AvgIpc) is 3.30. The van der Waals surface area contributed by atoms with Crippen molar-refractivity contribution in [2.75, 3.05) is 18.4 Å². The summed E-state index contributed by atoms with van der Waals surface area (Å²) >= 11 is 6.10. The molecule has 4 rings (SSSR count). The van der Waals surface area contributed by atoms with Gasteiger partial charge in [-0.3, -0.25) is 4.98 Å². The fraction of sp³-hybridized carbons (Fsp3) is 0.263. The molecule has 1 N–H and O–H groups in total. The van der Waals surface area contributed by atoms with Crippen LogP contribution in [0.5, 0.6) is 0 Å². The molecule has 7 nitrogen and oxygen atoms in total. The molecule has 0 radical (unpaired) electrons. The molecule has 1 saturated heterocycles. The lowest BCUT2D eigenvalue weighted by Crippen LogP contribution is -2.32. The Kier molecular flexibility index (Phi) is 5.09. The molecule has 146 valence electrons. The van der Waals surface area contributed by atoms with Gasteiger partial charge in [-0.05, 0) is 30.3 Å². The van der Waals surface area contributed by atoms with Crippen molar-refractivity contribution in [3.05, 3.63) is 71.9 Å². The normalized spacial score (nSPS) is 20.4. The highest BCUT2D eigenvalue weighted by atomic mass is 35.5. The number of pyridine rings is 1. The van der Waals surface area contributed by atoms with Crippen LogP contribution in [0.3, 0.4) is 0 Å². The van der Waals surface area contributed by atoms with E-state index in [1.807, 2.05) is 36.4 Å². The molecule has 1 aromatic carbocycles. The topological polar surface area (TPSA) is 80.1 Å². The van der Waals surface area contributed by atoms with Gasteiger partial charge in [0.05, 0.1) is 6.33 Å². The summed E-state index contributed by atoms with van der Waals surface area (Å²) in [7, 11) is -1.94. The molecule has 0 aliphatic carbocycles. The van der Waals surface area contributed by atoms with E-state index < -0.39 is 10.0 Å². The highest BCUT2D eigenvalue weighted by Gasteiger charge is 2.41. The molecule has 0 bridgehead atoms. The molecule has 3 heterocycles. The maximum atomic E-state index is 13.1. The quantitative estimate of drug-likeness (QED) is 0.690. The summed E-state index contributed by atoms with van der Waals surface area (Å²) in [5.74, 6) is -0.0985. The van der Waals surface area contributed by atoms with E-state index in [2.05, 4.69) is 15.3 Å². The van der Waals surface area contributed by atoms with Crippen molar-refractivity contribution in [1.82, 2.24) is 18.8 Å². The molecule has 9 heteroatoms. The van der Waals surface area contributed by atoms with Crippen LogP contribution in [-0.2, 0) is 17.1 Å². The number of nitrogens with zero attached hydrogens (tertiary/aromatic N) is 4. The van der Waals surface area contributed by atoms with Crippen LogP contribution in [0.1, 0.15) is 11.6 Å². The van der Waals surface area contributed by atoms with Gasteiger partial charge in [0.2, 0.25) is 0 Å². The smallest absolute Gasteiger partial charge is 0.262 e. The zero-order valence-electron chi connectivity index (χ0n) is 15.2. The van der Waals surface area contributed by atoms with Crippen LogP contribution >= 0.6 is 11.6 Å². The molecule has 1 aliphatic heterocycles. The molecule has 0 saturated carbocycles. The molecule has 1 fully saturated rings. The van der Waals surface area contributed by atoms with E-state index in [9.17, 15) is 8.42 Å². The second kappa shape index (κ2) is 7.54. The zero-order chi connectivity index (χ0) is 19.7. The van der Waals surface area contributed by atoms with Crippen LogP contribution in [0.15, 0.2) is 66.2 Å². The van der Waals surface area contributed by atoms with Gasteiger partial charge < -0.3 is 9.88 Å². The molecule has 2 unspecified atom stereocenters. The molecule has 3 aromatic rings. The van der Waals surface area contributed by atoms with E-state index >= 15 is 0 Å². The van der Waals surface area contributed by atoms with Crippen LogP contribution in [0.25, 0.3) is 0 Å². The standard InChI is InChI=1S/C19H20ClN5O2S/c1-24-12-19(22-13-24)28(26,27)25-10-16(17-7-2-3-8-21-17)18(11-25)23-15-6-4-5-14(20)9-15/h2-9,12-13,16,18,23H,10-11H2,1H3. The van der Waals surface area contributed by atoms with Gasteiger partial charge in [0, 0.05) is 60.9 Å². The summed E-state index contributed by atoms with van der Waals surface area (Å²) < 4.78 is 29.2. The van der Waals surface area contributed by atoms with E-state index in [0.717, 1.165) is 11.4 Å². The third kappa shape index (κ3) is 3.76. The molecule has 1 aliphatic rings. The summed E-state index contributed by atoms with van der Waals surface area (Å²) in [4.78, 5) is 8.49. The Hall–Kier alpha value is -2.42. The van der Waals surface area contributed by atoms with Gasteiger partial charge in [-0.25, -0.2) is 13.4 Å². The number of hydrogen-bond acceptors (Lipinski definition) is 5. The summed E-state index contributed by atoms with van der Waals surface area (Å²) in [6, 6.07) is 12.9. The number of aromatic nitrogens is 3. The number of benzene rings is 1. The zero-order valence-corrected chi connectivity index (χ0v) is 16.8. The first-order valence-corrected chi connectivity index (χ1v) is 10.7. The summed E-state index contributed by atoms with van der Waals surface area (Å²) in [6.07, 6.45) is 4.73. The molecule has 2 aromatic heterocycles. The lowest BCUT2D eigenvalue weighted by atomic mass is 9.99. The van der Waals surface area contributed by atoms with Gasteiger partial charge in [-0.2, -0.15) is 4.31 Å². The summed E-state index contributed by atoms with van der Waals surface area (Å²) in [6.45, 7) is 0.640. The first-order chi connectivity index (χ1) is 13.4. The predicted octanol–water partition coefficient (Wildman–Crippen LogP) is 2.74. The SMILES string of the molecule is Cn1cnc(S(=O)(=O)N2CC(Nc3cccc(Cl)c3)C(c3ccccn3)C2)c1. The predicted molar refractivity (Wildman–Crippen MR) is 108 cm³/mol. The second-order valence-electron chi connectivity index (χ2n) is 6.82. The number of aryl methyl sites for hydroxylation is 1. The molecule has 2 atom stereocenters. The number of hydrogen-bond donors (Lipinski definition) is 1. The van der Waals surface area contributed by atoms with Gasteiger partial charge in [0.1, 0.15) is 0 Å². The van der Waals surface area contributed by atoms with Crippen LogP contribution in [-0.4, -0.2) is 46.4 Å². The third-order valence-corrected chi connectivity index (χ3v) is 6.77. The largest absolute Gasteiger partial charge is 0.380 e. The van der Waals surface area contributed by atoms with Crippen molar-refractivity contribution < 1.29 is 8.42 Å². The Labute approximate surface area is 169 Å².